The molecule has 112 valence electrons. The average Bonchev–Trinajstić information content (AvgIpc) is 2.32. The van der Waals surface area contributed by atoms with Crippen LogP contribution in [-0.4, -0.2) is 17.5 Å². The molecule has 2 rings (SSSR count). The topological polar surface area (TPSA) is 12.0 Å². The van der Waals surface area contributed by atoms with Crippen molar-refractivity contribution < 1.29 is 17.6 Å². The van der Waals surface area contributed by atoms with Gasteiger partial charge in [-0.25, -0.2) is 4.39 Å². The van der Waals surface area contributed by atoms with Gasteiger partial charge in [0, 0.05) is 11.8 Å². The summed E-state index contributed by atoms with van der Waals surface area (Å²) in [4.78, 5) is 0. The first kappa shape index (κ1) is 15.5. The standard InChI is InChI=1S/C14H17F4NS/c1-13(2)5-6-20-8-12(13)19-11-7-9(14(16,17)18)3-4-10(11)15/h3-4,7,12,19H,5-6,8H2,1-2H3. The molecule has 0 spiro atoms. The molecule has 1 heterocycles. The Bertz CT molecular complexity index is 485. The molecule has 1 aliphatic rings. The van der Waals surface area contributed by atoms with E-state index in [1.165, 1.54) is 0 Å². The van der Waals surface area contributed by atoms with Crippen molar-refractivity contribution in [2.75, 3.05) is 16.8 Å². The normalized spacial score (nSPS) is 22.6. The maximum Gasteiger partial charge on any atom is 0.416 e. The fraction of sp³-hybridized carbons (Fsp3) is 0.571. The minimum atomic E-state index is -4.46. The molecular weight excluding hydrogens is 290 g/mol. The number of nitrogens with one attached hydrogen (secondary N) is 1. The minimum absolute atomic E-state index is 0.0424. The van der Waals surface area contributed by atoms with Crippen LogP contribution in [-0.2, 0) is 6.18 Å². The van der Waals surface area contributed by atoms with E-state index in [2.05, 4.69) is 19.2 Å². The molecule has 1 unspecified atom stereocenters. The zero-order chi connectivity index (χ0) is 15.0. The van der Waals surface area contributed by atoms with Crippen LogP contribution < -0.4 is 5.32 Å². The summed E-state index contributed by atoms with van der Waals surface area (Å²) in [5, 5.41) is 2.96. The highest BCUT2D eigenvalue weighted by atomic mass is 32.2. The molecule has 1 aliphatic heterocycles. The highest BCUT2D eigenvalue weighted by molar-refractivity contribution is 7.99. The highest BCUT2D eigenvalue weighted by Gasteiger charge is 2.34. The van der Waals surface area contributed by atoms with Crippen molar-refractivity contribution in [3.05, 3.63) is 29.6 Å². The number of hydrogen-bond donors (Lipinski definition) is 1. The van der Waals surface area contributed by atoms with E-state index >= 15 is 0 Å². The van der Waals surface area contributed by atoms with Crippen LogP contribution in [0.25, 0.3) is 0 Å². The van der Waals surface area contributed by atoms with Gasteiger partial charge in [-0.3, -0.25) is 0 Å². The Hall–Kier alpha value is -0.910. The Balaban J connectivity index is 2.24. The molecule has 1 atom stereocenters. The quantitative estimate of drug-likeness (QED) is 0.789. The maximum atomic E-state index is 13.7. The van der Waals surface area contributed by atoms with Gasteiger partial charge >= 0.3 is 6.18 Å². The van der Waals surface area contributed by atoms with Crippen molar-refractivity contribution in [2.45, 2.75) is 32.5 Å². The highest BCUT2D eigenvalue weighted by Crippen LogP contribution is 2.37. The molecule has 0 saturated carbocycles. The summed E-state index contributed by atoms with van der Waals surface area (Å²) in [7, 11) is 0. The predicted octanol–water partition coefficient (Wildman–Crippen LogP) is 4.79. The van der Waals surface area contributed by atoms with Crippen LogP contribution in [0.2, 0.25) is 0 Å². The second-order valence-corrected chi connectivity index (χ2v) is 6.85. The van der Waals surface area contributed by atoms with Gasteiger partial charge in [-0.2, -0.15) is 24.9 Å². The first-order chi connectivity index (χ1) is 9.20. The van der Waals surface area contributed by atoms with Gasteiger partial charge in [-0.1, -0.05) is 13.8 Å². The first-order valence-electron chi connectivity index (χ1n) is 6.41. The predicted molar refractivity (Wildman–Crippen MR) is 74.5 cm³/mol. The molecule has 20 heavy (non-hydrogen) atoms. The third-order valence-electron chi connectivity index (χ3n) is 3.74. The van der Waals surface area contributed by atoms with Crippen molar-refractivity contribution in [1.82, 2.24) is 0 Å². The molecule has 0 radical (unpaired) electrons. The van der Waals surface area contributed by atoms with Gasteiger partial charge in [0.25, 0.3) is 0 Å². The molecule has 1 aromatic rings. The molecule has 1 fully saturated rings. The molecule has 0 aromatic heterocycles. The minimum Gasteiger partial charge on any atom is -0.379 e. The fourth-order valence-electron chi connectivity index (χ4n) is 2.17. The lowest BCUT2D eigenvalue weighted by Gasteiger charge is -2.39. The van der Waals surface area contributed by atoms with Crippen molar-refractivity contribution >= 4 is 17.4 Å². The number of alkyl halides is 3. The molecule has 0 amide bonds. The molecule has 1 N–H and O–H groups in total. The second-order valence-electron chi connectivity index (χ2n) is 5.70. The van der Waals surface area contributed by atoms with Crippen molar-refractivity contribution in [3.63, 3.8) is 0 Å². The van der Waals surface area contributed by atoms with Gasteiger partial charge in [0.2, 0.25) is 0 Å². The Morgan fingerprint density at radius 2 is 2.00 bits per heavy atom. The zero-order valence-electron chi connectivity index (χ0n) is 11.4. The average molecular weight is 307 g/mol. The summed E-state index contributed by atoms with van der Waals surface area (Å²) in [5.74, 6) is 1.14. The molecular formula is C14H17F4NS. The lowest BCUT2D eigenvalue weighted by Crippen LogP contribution is -2.41. The van der Waals surface area contributed by atoms with E-state index in [0.29, 0.717) is 0 Å². The van der Waals surface area contributed by atoms with E-state index in [0.717, 1.165) is 36.1 Å². The summed E-state index contributed by atoms with van der Waals surface area (Å²) in [6.07, 6.45) is -3.50. The first-order valence-corrected chi connectivity index (χ1v) is 7.57. The summed E-state index contributed by atoms with van der Waals surface area (Å²) in [5.41, 5.74) is -0.964. The summed E-state index contributed by atoms with van der Waals surface area (Å²) in [6.45, 7) is 4.10. The molecule has 0 bridgehead atoms. The Kier molecular flexibility index (Phi) is 4.23. The summed E-state index contributed by atoms with van der Waals surface area (Å²) in [6, 6.07) is 2.44. The molecule has 1 aromatic carbocycles. The van der Waals surface area contributed by atoms with Gasteiger partial charge < -0.3 is 5.32 Å². The molecule has 1 saturated heterocycles. The number of halogens is 4. The third kappa shape index (κ3) is 3.40. The number of hydrogen-bond acceptors (Lipinski definition) is 2. The Morgan fingerprint density at radius 1 is 1.30 bits per heavy atom. The fourth-order valence-corrected chi connectivity index (χ4v) is 3.78. The van der Waals surface area contributed by atoms with E-state index in [1.54, 1.807) is 11.8 Å². The summed E-state index contributed by atoms with van der Waals surface area (Å²) >= 11 is 1.73. The van der Waals surface area contributed by atoms with Gasteiger partial charge in [-0.05, 0) is 35.8 Å². The van der Waals surface area contributed by atoms with Crippen molar-refractivity contribution in [1.29, 1.82) is 0 Å². The lowest BCUT2D eigenvalue weighted by molar-refractivity contribution is -0.137. The van der Waals surface area contributed by atoms with E-state index in [1.807, 2.05) is 0 Å². The maximum absolute atomic E-state index is 13.7. The van der Waals surface area contributed by atoms with Crippen LogP contribution in [0.4, 0.5) is 23.2 Å². The van der Waals surface area contributed by atoms with E-state index in [-0.39, 0.29) is 17.1 Å². The SMILES string of the molecule is CC1(C)CCSCC1Nc1cc(C(F)(F)F)ccc1F. The number of thioether (sulfide) groups is 1. The van der Waals surface area contributed by atoms with Crippen LogP contribution >= 0.6 is 11.8 Å². The van der Waals surface area contributed by atoms with Crippen LogP contribution in [0.15, 0.2) is 18.2 Å². The number of benzene rings is 1. The van der Waals surface area contributed by atoms with E-state index in [9.17, 15) is 17.6 Å². The largest absolute Gasteiger partial charge is 0.416 e. The van der Waals surface area contributed by atoms with Crippen LogP contribution in [0, 0.1) is 11.2 Å². The van der Waals surface area contributed by atoms with E-state index < -0.39 is 17.6 Å². The molecule has 1 nitrogen and oxygen atoms in total. The third-order valence-corrected chi connectivity index (χ3v) is 4.80. The van der Waals surface area contributed by atoms with Gasteiger partial charge in [0.1, 0.15) is 5.82 Å². The van der Waals surface area contributed by atoms with Crippen molar-refractivity contribution in [3.8, 4) is 0 Å². The van der Waals surface area contributed by atoms with Gasteiger partial charge in [-0.15, -0.1) is 0 Å². The Morgan fingerprint density at radius 3 is 2.60 bits per heavy atom. The molecule has 6 heteroatoms. The van der Waals surface area contributed by atoms with Gasteiger partial charge in [0.05, 0.1) is 11.3 Å². The van der Waals surface area contributed by atoms with Crippen LogP contribution in [0.5, 0.6) is 0 Å². The van der Waals surface area contributed by atoms with Crippen LogP contribution in [0.1, 0.15) is 25.8 Å². The second kappa shape index (κ2) is 5.47. The van der Waals surface area contributed by atoms with E-state index in [4.69, 9.17) is 0 Å². The number of anilines is 1. The summed E-state index contributed by atoms with van der Waals surface area (Å²) < 4.78 is 51.8. The monoisotopic (exact) mass is 307 g/mol. The molecule has 0 aliphatic carbocycles. The van der Waals surface area contributed by atoms with Gasteiger partial charge in [0.15, 0.2) is 0 Å². The lowest BCUT2D eigenvalue weighted by atomic mass is 9.82. The van der Waals surface area contributed by atoms with Crippen molar-refractivity contribution in [2.24, 2.45) is 5.41 Å². The smallest absolute Gasteiger partial charge is 0.379 e. The number of rotatable bonds is 2. The Labute approximate surface area is 120 Å². The van der Waals surface area contributed by atoms with Crippen LogP contribution in [0.3, 0.4) is 0 Å². The zero-order valence-corrected chi connectivity index (χ0v) is 12.2.